The standard InChI is InChI=1S/C14H16N4S/c1-9-10(2)19-14(16-9)8-18-13-6-4-3-5-11(13)12(7-15)17-18/h3-6H,7-8,15H2,1-2H3. The number of benzene rings is 1. The van der Waals surface area contributed by atoms with Gasteiger partial charge in [-0.2, -0.15) is 5.10 Å². The summed E-state index contributed by atoms with van der Waals surface area (Å²) in [5.74, 6) is 0. The third-order valence-corrected chi connectivity index (χ3v) is 4.34. The molecule has 98 valence electrons. The highest BCUT2D eigenvalue weighted by molar-refractivity contribution is 7.11. The van der Waals surface area contributed by atoms with Gasteiger partial charge < -0.3 is 5.73 Å². The van der Waals surface area contributed by atoms with Gasteiger partial charge in [-0.3, -0.25) is 4.68 Å². The summed E-state index contributed by atoms with van der Waals surface area (Å²) in [6, 6.07) is 8.19. The largest absolute Gasteiger partial charge is 0.325 e. The molecule has 0 aliphatic carbocycles. The molecule has 2 N–H and O–H groups in total. The first-order valence-corrected chi connectivity index (χ1v) is 7.08. The van der Waals surface area contributed by atoms with Crippen LogP contribution < -0.4 is 5.73 Å². The Labute approximate surface area is 115 Å². The van der Waals surface area contributed by atoms with Crippen molar-refractivity contribution in [3.8, 4) is 0 Å². The summed E-state index contributed by atoms with van der Waals surface area (Å²) in [5.41, 5.74) is 8.93. The van der Waals surface area contributed by atoms with Gasteiger partial charge in [-0.25, -0.2) is 4.98 Å². The molecule has 0 amide bonds. The zero-order valence-electron chi connectivity index (χ0n) is 11.1. The van der Waals surface area contributed by atoms with E-state index in [2.05, 4.69) is 29.1 Å². The lowest BCUT2D eigenvalue weighted by Crippen LogP contribution is -2.03. The van der Waals surface area contributed by atoms with Crippen molar-refractivity contribution in [3.05, 3.63) is 45.5 Å². The zero-order chi connectivity index (χ0) is 13.4. The van der Waals surface area contributed by atoms with Crippen molar-refractivity contribution >= 4 is 22.2 Å². The smallest absolute Gasteiger partial charge is 0.115 e. The van der Waals surface area contributed by atoms with Crippen LogP contribution in [0.1, 0.15) is 21.3 Å². The maximum atomic E-state index is 5.76. The third-order valence-electron chi connectivity index (χ3n) is 3.29. The van der Waals surface area contributed by atoms with E-state index in [1.54, 1.807) is 11.3 Å². The Hall–Kier alpha value is -1.72. The molecule has 4 nitrogen and oxygen atoms in total. The van der Waals surface area contributed by atoms with Gasteiger partial charge in [-0.15, -0.1) is 11.3 Å². The Morgan fingerprint density at radius 2 is 2.05 bits per heavy atom. The van der Waals surface area contributed by atoms with E-state index in [4.69, 9.17) is 5.73 Å². The Morgan fingerprint density at radius 3 is 2.74 bits per heavy atom. The molecule has 0 fully saturated rings. The normalized spacial score (nSPS) is 11.3. The van der Waals surface area contributed by atoms with Crippen molar-refractivity contribution in [3.63, 3.8) is 0 Å². The number of rotatable bonds is 3. The molecular formula is C14H16N4S. The van der Waals surface area contributed by atoms with Crippen molar-refractivity contribution in [2.75, 3.05) is 0 Å². The molecule has 0 spiro atoms. The average Bonchev–Trinajstić information content (AvgIpc) is 2.92. The molecule has 0 saturated heterocycles. The van der Waals surface area contributed by atoms with E-state index >= 15 is 0 Å². The Balaban J connectivity index is 2.05. The van der Waals surface area contributed by atoms with Crippen LogP contribution in [0.4, 0.5) is 0 Å². The molecule has 0 aliphatic heterocycles. The monoisotopic (exact) mass is 272 g/mol. The number of aryl methyl sites for hydroxylation is 2. The van der Waals surface area contributed by atoms with Gasteiger partial charge in [0, 0.05) is 16.8 Å². The molecule has 19 heavy (non-hydrogen) atoms. The number of nitrogens with zero attached hydrogens (tertiary/aromatic N) is 3. The molecule has 0 saturated carbocycles. The molecule has 1 aromatic carbocycles. The lowest BCUT2D eigenvalue weighted by Gasteiger charge is -1.99. The summed E-state index contributed by atoms with van der Waals surface area (Å²) in [7, 11) is 0. The summed E-state index contributed by atoms with van der Waals surface area (Å²) in [6.45, 7) is 5.31. The first-order valence-electron chi connectivity index (χ1n) is 6.26. The number of para-hydroxylation sites is 1. The Bertz CT molecular complexity index is 707. The van der Waals surface area contributed by atoms with E-state index in [1.807, 2.05) is 23.7 Å². The van der Waals surface area contributed by atoms with Gasteiger partial charge in [0.25, 0.3) is 0 Å². The molecule has 0 bridgehead atoms. The average molecular weight is 272 g/mol. The van der Waals surface area contributed by atoms with E-state index in [9.17, 15) is 0 Å². The van der Waals surface area contributed by atoms with Crippen LogP contribution in [0.15, 0.2) is 24.3 Å². The zero-order valence-corrected chi connectivity index (χ0v) is 11.9. The number of aromatic nitrogens is 3. The van der Waals surface area contributed by atoms with Gasteiger partial charge in [0.05, 0.1) is 23.4 Å². The fourth-order valence-corrected chi connectivity index (χ4v) is 3.12. The van der Waals surface area contributed by atoms with E-state index < -0.39 is 0 Å². The van der Waals surface area contributed by atoms with Gasteiger partial charge in [0.1, 0.15) is 5.01 Å². The van der Waals surface area contributed by atoms with Gasteiger partial charge >= 0.3 is 0 Å². The summed E-state index contributed by atoms with van der Waals surface area (Å²) >= 11 is 1.73. The summed E-state index contributed by atoms with van der Waals surface area (Å²) < 4.78 is 2.00. The number of fused-ring (bicyclic) bond motifs is 1. The van der Waals surface area contributed by atoms with Crippen LogP contribution in [-0.4, -0.2) is 14.8 Å². The van der Waals surface area contributed by atoms with Crippen molar-refractivity contribution in [2.24, 2.45) is 5.73 Å². The minimum Gasteiger partial charge on any atom is -0.325 e. The van der Waals surface area contributed by atoms with Crippen molar-refractivity contribution in [1.82, 2.24) is 14.8 Å². The molecule has 0 radical (unpaired) electrons. The molecule has 3 aromatic rings. The van der Waals surface area contributed by atoms with E-state index in [1.165, 1.54) is 4.88 Å². The van der Waals surface area contributed by atoms with Crippen molar-refractivity contribution in [2.45, 2.75) is 26.9 Å². The van der Waals surface area contributed by atoms with Crippen LogP contribution in [0.25, 0.3) is 10.9 Å². The number of thiazole rings is 1. The van der Waals surface area contributed by atoms with Gasteiger partial charge in [-0.1, -0.05) is 18.2 Å². The van der Waals surface area contributed by atoms with Crippen LogP contribution in [0.5, 0.6) is 0 Å². The lowest BCUT2D eigenvalue weighted by molar-refractivity contribution is 0.689. The highest BCUT2D eigenvalue weighted by Crippen LogP contribution is 2.22. The van der Waals surface area contributed by atoms with Crippen LogP contribution in [-0.2, 0) is 13.1 Å². The highest BCUT2D eigenvalue weighted by Gasteiger charge is 2.11. The topological polar surface area (TPSA) is 56.7 Å². The second-order valence-corrected chi connectivity index (χ2v) is 5.86. The van der Waals surface area contributed by atoms with E-state index in [0.717, 1.165) is 27.3 Å². The first kappa shape index (κ1) is 12.3. The maximum absolute atomic E-state index is 5.76. The second-order valence-electron chi connectivity index (χ2n) is 4.57. The fraction of sp³-hybridized carbons (Fsp3) is 0.286. The highest BCUT2D eigenvalue weighted by atomic mass is 32.1. The van der Waals surface area contributed by atoms with E-state index in [-0.39, 0.29) is 0 Å². The molecule has 2 aromatic heterocycles. The summed E-state index contributed by atoms with van der Waals surface area (Å²) in [4.78, 5) is 5.84. The van der Waals surface area contributed by atoms with Crippen molar-refractivity contribution in [1.29, 1.82) is 0 Å². The van der Waals surface area contributed by atoms with Gasteiger partial charge in [0.2, 0.25) is 0 Å². The number of hydrogen-bond acceptors (Lipinski definition) is 4. The quantitative estimate of drug-likeness (QED) is 0.797. The Morgan fingerprint density at radius 1 is 1.26 bits per heavy atom. The number of hydrogen-bond donors (Lipinski definition) is 1. The summed E-state index contributed by atoms with van der Waals surface area (Å²) in [5, 5.41) is 6.82. The van der Waals surface area contributed by atoms with Crippen LogP contribution >= 0.6 is 11.3 Å². The first-order chi connectivity index (χ1) is 9.19. The SMILES string of the molecule is Cc1nc(Cn2nc(CN)c3ccccc32)sc1C. The maximum Gasteiger partial charge on any atom is 0.115 e. The number of nitrogens with two attached hydrogens (primary N) is 1. The van der Waals surface area contributed by atoms with Gasteiger partial charge in [-0.05, 0) is 19.9 Å². The molecular weight excluding hydrogens is 256 g/mol. The molecule has 0 atom stereocenters. The van der Waals surface area contributed by atoms with Crippen molar-refractivity contribution < 1.29 is 0 Å². The molecule has 3 rings (SSSR count). The molecule has 5 heteroatoms. The van der Waals surface area contributed by atoms with Crippen LogP contribution in [0.2, 0.25) is 0 Å². The minimum atomic E-state index is 0.462. The Kier molecular flexibility index (Phi) is 3.08. The van der Waals surface area contributed by atoms with Crippen LogP contribution in [0, 0.1) is 13.8 Å². The lowest BCUT2D eigenvalue weighted by atomic mass is 10.2. The third kappa shape index (κ3) is 2.15. The van der Waals surface area contributed by atoms with Gasteiger partial charge in [0.15, 0.2) is 0 Å². The second kappa shape index (κ2) is 4.75. The van der Waals surface area contributed by atoms with Crippen LogP contribution in [0.3, 0.4) is 0 Å². The minimum absolute atomic E-state index is 0.462. The molecule has 2 heterocycles. The predicted molar refractivity (Wildman–Crippen MR) is 78.3 cm³/mol. The van der Waals surface area contributed by atoms with E-state index in [0.29, 0.717) is 13.1 Å². The molecule has 0 aliphatic rings. The molecule has 0 unspecified atom stereocenters. The summed E-state index contributed by atoms with van der Waals surface area (Å²) in [6.07, 6.45) is 0. The predicted octanol–water partition coefficient (Wildman–Crippen LogP) is 2.62. The fourth-order valence-electron chi connectivity index (χ4n) is 2.20.